The van der Waals surface area contributed by atoms with Crippen molar-refractivity contribution in [3.05, 3.63) is 0 Å². The van der Waals surface area contributed by atoms with Crippen LogP contribution in [0.1, 0.15) is 27.7 Å². The Labute approximate surface area is 88.5 Å². The van der Waals surface area contributed by atoms with Crippen molar-refractivity contribution in [2.75, 3.05) is 18.9 Å². The summed E-state index contributed by atoms with van der Waals surface area (Å²) in [4.78, 5) is 0. The highest BCUT2D eigenvalue weighted by atomic mass is 31.1. The van der Waals surface area contributed by atoms with Crippen molar-refractivity contribution in [3.63, 3.8) is 0 Å². The molecule has 0 aliphatic carbocycles. The second kappa shape index (κ2) is 9.34. The van der Waals surface area contributed by atoms with Crippen LogP contribution >= 0.6 is 17.5 Å². The molecule has 0 spiro atoms. The van der Waals surface area contributed by atoms with E-state index in [9.17, 15) is 0 Å². The topological polar surface area (TPSA) is 18.5 Å². The van der Waals surface area contributed by atoms with Crippen LogP contribution in [0.15, 0.2) is 0 Å². The molecule has 0 saturated carbocycles. The molecule has 2 nitrogen and oxygen atoms in total. The predicted molar refractivity (Wildman–Crippen MR) is 63.4 cm³/mol. The molecule has 0 aromatic heterocycles. The molecule has 0 fully saturated rings. The molecule has 0 bridgehead atoms. The van der Waals surface area contributed by atoms with E-state index in [-0.39, 0.29) is 6.10 Å². The van der Waals surface area contributed by atoms with Gasteiger partial charge in [0.15, 0.2) is 0 Å². The van der Waals surface area contributed by atoms with Gasteiger partial charge in [-0.1, -0.05) is 27.7 Å². The predicted octanol–water partition coefficient (Wildman–Crippen LogP) is 3.27. The van der Waals surface area contributed by atoms with Gasteiger partial charge >= 0.3 is 0 Å². The van der Waals surface area contributed by atoms with Gasteiger partial charge in [0.1, 0.15) is 0 Å². The molecule has 0 aliphatic rings. The Balaban J connectivity index is 3.94. The Kier molecular flexibility index (Phi) is 7.40. The molecule has 0 saturated heterocycles. The molecular weight excluding hydrogens is 202 g/mol. The van der Waals surface area contributed by atoms with Crippen molar-refractivity contribution in [1.29, 1.82) is 2.56 Å². The monoisotopic (exact) mass is 226 g/mol. The molecule has 0 N–H and O–H groups in total. The van der Waals surface area contributed by atoms with Crippen LogP contribution in [0.5, 0.6) is 0 Å². The molecule has 0 rings (SSSR count). The molecule has 0 amide bonds. The second-order valence-corrected chi connectivity index (χ2v) is 5.32. The first-order valence-electron chi connectivity index (χ1n) is 5.73. The largest absolute Gasteiger partial charge is 0.360 e. The van der Waals surface area contributed by atoms with E-state index in [1.54, 1.807) is 0 Å². The standard InChI is InChI=1S/C9H22O2P2/c1-5-12-10-7-9(8(3)4)11-13-6-2/h8-9,12-13H,5-7H2,1-4H3/t9-,12?,13?/m1/s1/i12D,13D. The average Bonchev–Trinajstić information content (AvgIpc) is 2.22. The van der Waals surface area contributed by atoms with Gasteiger partial charge in [-0.3, -0.25) is 0 Å². The summed E-state index contributed by atoms with van der Waals surface area (Å²) in [5.74, 6) is 0.340. The van der Waals surface area contributed by atoms with E-state index in [0.717, 1.165) is 12.3 Å². The van der Waals surface area contributed by atoms with Gasteiger partial charge in [0.25, 0.3) is 0 Å². The minimum Gasteiger partial charge on any atom is -0.360 e. The fourth-order valence-corrected chi connectivity index (χ4v) is 1.81. The van der Waals surface area contributed by atoms with E-state index in [2.05, 4.69) is 13.8 Å². The smallest absolute Gasteiger partial charge is 0.0885 e. The van der Waals surface area contributed by atoms with Crippen molar-refractivity contribution >= 4 is 17.5 Å². The van der Waals surface area contributed by atoms with Crippen molar-refractivity contribution in [2.45, 2.75) is 33.8 Å². The van der Waals surface area contributed by atoms with Crippen LogP contribution < -0.4 is 0 Å². The van der Waals surface area contributed by atoms with Gasteiger partial charge in [0, 0.05) is 17.5 Å². The third-order valence-corrected chi connectivity index (χ3v) is 2.81. The minimum absolute atomic E-state index is 0.0320. The maximum atomic E-state index is 7.62. The normalized spacial score (nSPS) is 20.7. The van der Waals surface area contributed by atoms with Crippen molar-refractivity contribution in [3.8, 4) is 0 Å². The summed E-state index contributed by atoms with van der Waals surface area (Å²) in [6, 6.07) is 0. The van der Waals surface area contributed by atoms with Gasteiger partial charge in [-0.15, -0.1) is 0 Å². The Morgan fingerprint density at radius 3 is 2.31 bits per heavy atom. The van der Waals surface area contributed by atoms with Gasteiger partial charge in [-0.2, -0.15) is 0 Å². The van der Waals surface area contributed by atoms with Crippen molar-refractivity contribution < 1.29 is 9.05 Å². The van der Waals surface area contributed by atoms with Crippen LogP contribution in [0.25, 0.3) is 0 Å². The van der Waals surface area contributed by atoms with Crippen LogP contribution in [0.3, 0.4) is 0 Å². The molecule has 13 heavy (non-hydrogen) atoms. The third-order valence-electron chi connectivity index (χ3n) is 1.54. The van der Waals surface area contributed by atoms with Gasteiger partial charge in [-0.25, -0.2) is 0 Å². The first-order valence-corrected chi connectivity index (χ1v) is 6.83. The highest BCUT2D eigenvalue weighted by molar-refractivity contribution is 7.32. The lowest BCUT2D eigenvalue weighted by Gasteiger charge is -2.20. The molecule has 80 valence electrons. The molecule has 4 heteroatoms. The number of hydrogen-bond donors (Lipinski definition) is 0. The Hall–Kier alpha value is 0.780. The molecule has 0 aromatic carbocycles. The summed E-state index contributed by atoms with van der Waals surface area (Å²) >= 11 is 0. The Morgan fingerprint density at radius 1 is 1.23 bits per heavy atom. The third kappa shape index (κ3) is 7.82. The van der Waals surface area contributed by atoms with Gasteiger partial charge < -0.3 is 9.05 Å². The summed E-state index contributed by atoms with van der Waals surface area (Å²) in [6.07, 6.45) is 1.47. The van der Waals surface area contributed by atoms with Crippen LogP contribution in [0.2, 0.25) is 0 Å². The SMILES string of the molecule is [2H]P(CC)OC[C@@H](OP([2H])CC)C(C)C. The van der Waals surface area contributed by atoms with Crippen LogP contribution in [0, 0.1) is 5.92 Å². The van der Waals surface area contributed by atoms with Gasteiger partial charge in [0.05, 0.1) is 15.3 Å². The maximum absolute atomic E-state index is 7.62. The zero-order chi connectivity index (χ0) is 11.8. The number of rotatable bonds is 8. The van der Waals surface area contributed by atoms with Crippen LogP contribution in [-0.2, 0) is 9.05 Å². The fraction of sp³-hybridized carbons (Fsp3) is 1.00. The zero-order valence-corrected chi connectivity index (χ0v) is 10.8. The summed E-state index contributed by atoms with van der Waals surface area (Å²) < 4.78 is 26.1. The molecule has 0 radical (unpaired) electrons. The molecule has 0 heterocycles. The minimum atomic E-state index is -1.07. The van der Waals surface area contributed by atoms with E-state index >= 15 is 0 Å². The lowest BCUT2D eigenvalue weighted by molar-refractivity contribution is 0.116. The molecule has 3 atom stereocenters. The van der Waals surface area contributed by atoms with Crippen molar-refractivity contribution in [1.82, 2.24) is 0 Å². The van der Waals surface area contributed by atoms with E-state index in [4.69, 9.17) is 11.6 Å². The lowest BCUT2D eigenvalue weighted by atomic mass is 10.1. The fourth-order valence-electron chi connectivity index (χ4n) is 0.732. The van der Waals surface area contributed by atoms with Crippen LogP contribution in [-0.4, -0.2) is 27.6 Å². The van der Waals surface area contributed by atoms with Crippen LogP contribution in [0.4, 0.5) is 0 Å². The summed E-state index contributed by atoms with van der Waals surface area (Å²) in [7, 11) is -2.12. The average molecular weight is 226 g/mol. The highest BCUT2D eigenvalue weighted by Gasteiger charge is 2.13. The van der Waals surface area contributed by atoms with Gasteiger partial charge in [-0.05, 0) is 18.2 Å². The molecular formula is C9H22O2P2. The highest BCUT2D eigenvalue weighted by Crippen LogP contribution is 2.22. The lowest BCUT2D eigenvalue weighted by Crippen LogP contribution is -2.21. The summed E-state index contributed by atoms with van der Waals surface area (Å²) in [6.45, 7) is 8.49. The molecule has 0 aliphatic heterocycles. The maximum Gasteiger partial charge on any atom is 0.0885 e. The van der Waals surface area contributed by atoms with E-state index in [0.29, 0.717) is 12.5 Å². The first-order chi connectivity index (χ1) is 7.01. The summed E-state index contributed by atoms with van der Waals surface area (Å²) in [5, 5.41) is 0. The quantitative estimate of drug-likeness (QED) is 0.591. The van der Waals surface area contributed by atoms with E-state index in [1.165, 1.54) is 0 Å². The first kappa shape index (κ1) is 10.3. The van der Waals surface area contributed by atoms with Gasteiger partial charge in [0.2, 0.25) is 0 Å². The zero-order valence-electron chi connectivity index (χ0n) is 11.0. The van der Waals surface area contributed by atoms with E-state index in [1.807, 2.05) is 13.8 Å². The summed E-state index contributed by atoms with van der Waals surface area (Å²) in [5.41, 5.74) is 0. The molecule has 2 unspecified atom stereocenters. The Bertz CT molecular complexity index is 161. The second-order valence-electron chi connectivity index (χ2n) is 3.07. The van der Waals surface area contributed by atoms with E-state index < -0.39 is 17.5 Å². The molecule has 0 aromatic rings. The number of hydrogen-bond acceptors (Lipinski definition) is 2. The van der Waals surface area contributed by atoms with Crippen molar-refractivity contribution in [2.24, 2.45) is 5.92 Å². The Morgan fingerprint density at radius 2 is 1.85 bits per heavy atom.